The van der Waals surface area contributed by atoms with Crippen molar-refractivity contribution in [2.24, 2.45) is 4.76 Å². The summed E-state index contributed by atoms with van der Waals surface area (Å²) < 4.78 is 69.2. The van der Waals surface area contributed by atoms with Crippen LogP contribution in [0.4, 0.5) is 13.2 Å². The lowest BCUT2D eigenvalue weighted by atomic mass is 9.94. The average molecular weight is 510 g/mol. The van der Waals surface area contributed by atoms with E-state index in [0.29, 0.717) is 11.4 Å². The summed E-state index contributed by atoms with van der Waals surface area (Å²) in [5.74, 6) is 0.00752. The van der Waals surface area contributed by atoms with E-state index in [1.807, 2.05) is 18.2 Å². The zero-order chi connectivity index (χ0) is 25.6. The van der Waals surface area contributed by atoms with Gasteiger partial charge in [-0.05, 0) is 34.4 Å². The summed E-state index contributed by atoms with van der Waals surface area (Å²) in [5.41, 5.74) is 3.00. The molecule has 0 spiro atoms. The van der Waals surface area contributed by atoms with Crippen LogP contribution in [0.1, 0.15) is 23.1 Å². The predicted octanol–water partition coefficient (Wildman–Crippen LogP) is 5.72. The lowest BCUT2D eigenvalue weighted by molar-refractivity contribution is -0.274. The van der Waals surface area contributed by atoms with Crippen molar-refractivity contribution in [3.63, 3.8) is 0 Å². The third kappa shape index (κ3) is 7.05. The zero-order valence-corrected chi connectivity index (χ0v) is 20.1. The highest BCUT2D eigenvalue weighted by atomic mass is 31.2. The van der Waals surface area contributed by atoms with E-state index in [9.17, 15) is 22.8 Å². The van der Waals surface area contributed by atoms with Crippen LogP contribution in [0.3, 0.4) is 0 Å². The number of halogens is 3. The first kappa shape index (κ1) is 26.7. The van der Waals surface area contributed by atoms with E-state index in [2.05, 4.69) is 16.1 Å². The molecule has 7 nitrogen and oxygen atoms in total. The van der Waals surface area contributed by atoms with Crippen molar-refractivity contribution in [1.82, 2.24) is 4.90 Å². The van der Waals surface area contributed by atoms with Crippen LogP contribution < -0.4 is 4.74 Å². The number of aliphatic hydroxyl groups is 1. The van der Waals surface area contributed by atoms with Gasteiger partial charge in [0.1, 0.15) is 11.6 Å². The maximum atomic E-state index is 12.9. The lowest BCUT2D eigenvalue weighted by Crippen LogP contribution is -2.40. The van der Waals surface area contributed by atoms with Gasteiger partial charge in [-0.15, -0.1) is 19.8 Å². The van der Waals surface area contributed by atoms with Crippen LogP contribution in [0.15, 0.2) is 72.0 Å². The molecule has 1 N–H and O–H groups in total. The van der Waals surface area contributed by atoms with Gasteiger partial charge in [-0.25, -0.2) is 4.57 Å². The van der Waals surface area contributed by atoms with E-state index in [1.54, 1.807) is 29.2 Å². The topological polar surface area (TPSA) is 80.6 Å². The Balaban J connectivity index is 2.02. The van der Waals surface area contributed by atoms with Gasteiger partial charge in [-0.1, -0.05) is 48.6 Å². The summed E-state index contributed by atoms with van der Waals surface area (Å²) in [6.07, 6.45) is -0.969. The molecule has 0 aromatic heterocycles. The second-order valence-electron chi connectivity index (χ2n) is 7.62. The molecular weight excluding hydrogens is 484 g/mol. The normalized spacial score (nSPS) is 17.9. The highest BCUT2D eigenvalue weighted by Gasteiger charge is 2.32. The minimum absolute atomic E-state index is 0.0862. The van der Waals surface area contributed by atoms with Crippen LogP contribution >= 0.6 is 7.75 Å². The SMILES string of the molecule is C=CC1C=C(c2ccc(CO)cc2)C/C(=N/P(=O)(OC)OC)N1Cc1cccc(OC(F)(F)F)c1. The highest BCUT2D eigenvalue weighted by molar-refractivity contribution is 7.52. The van der Waals surface area contributed by atoms with Crippen molar-refractivity contribution in [1.29, 1.82) is 0 Å². The Bertz CT molecular complexity index is 1140. The molecule has 0 bridgehead atoms. The number of hydrogen-bond donors (Lipinski definition) is 1. The first-order valence-corrected chi connectivity index (χ1v) is 12.0. The predicted molar refractivity (Wildman–Crippen MR) is 127 cm³/mol. The maximum Gasteiger partial charge on any atom is 0.573 e. The molecule has 3 rings (SSSR count). The van der Waals surface area contributed by atoms with E-state index < -0.39 is 20.2 Å². The number of amidine groups is 1. The summed E-state index contributed by atoms with van der Waals surface area (Å²) in [5, 5.41) is 9.32. The van der Waals surface area contributed by atoms with Crippen LogP contribution in [-0.2, 0) is 26.8 Å². The minimum atomic E-state index is -4.81. The number of aliphatic hydroxyl groups excluding tert-OH is 1. The van der Waals surface area contributed by atoms with Crippen molar-refractivity contribution >= 4 is 19.2 Å². The first-order valence-electron chi connectivity index (χ1n) is 10.5. The largest absolute Gasteiger partial charge is 0.573 e. The fourth-order valence-electron chi connectivity index (χ4n) is 3.64. The van der Waals surface area contributed by atoms with Gasteiger partial charge in [-0.2, -0.15) is 4.76 Å². The Kier molecular flexibility index (Phi) is 8.56. The van der Waals surface area contributed by atoms with Crippen LogP contribution in [0.2, 0.25) is 0 Å². The van der Waals surface area contributed by atoms with Crippen molar-refractivity contribution in [3.05, 3.63) is 84.0 Å². The van der Waals surface area contributed by atoms with Crippen molar-refractivity contribution in [2.75, 3.05) is 14.2 Å². The molecule has 0 amide bonds. The molecule has 35 heavy (non-hydrogen) atoms. The first-order chi connectivity index (χ1) is 16.6. The van der Waals surface area contributed by atoms with Gasteiger partial charge in [0.2, 0.25) is 0 Å². The molecule has 11 heteroatoms. The van der Waals surface area contributed by atoms with Gasteiger partial charge < -0.3 is 14.7 Å². The third-order valence-electron chi connectivity index (χ3n) is 5.35. The molecule has 1 atom stereocenters. The van der Waals surface area contributed by atoms with Crippen LogP contribution in [0.5, 0.6) is 5.75 Å². The van der Waals surface area contributed by atoms with E-state index in [4.69, 9.17) is 9.05 Å². The Morgan fingerprint density at radius 2 is 1.86 bits per heavy atom. The number of hydrogen-bond acceptors (Lipinski definition) is 5. The minimum Gasteiger partial charge on any atom is -0.406 e. The van der Waals surface area contributed by atoms with Gasteiger partial charge in [-0.3, -0.25) is 9.05 Å². The van der Waals surface area contributed by atoms with Crippen molar-refractivity contribution < 1.29 is 36.6 Å². The number of benzene rings is 2. The number of ether oxygens (including phenoxy) is 1. The molecule has 2 aromatic carbocycles. The van der Waals surface area contributed by atoms with Crippen molar-refractivity contribution in [3.8, 4) is 5.75 Å². The van der Waals surface area contributed by atoms with Crippen LogP contribution in [0, 0.1) is 0 Å². The fraction of sp³-hybridized carbons (Fsp3) is 0.292. The van der Waals surface area contributed by atoms with Gasteiger partial charge in [0.15, 0.2) is 0 Å². The quantitative estimate of drug-likeness (QED) is 0.343. The second kappa shape index (κ2) is 11.2. The number of nitrogens with zero attached hydrogens (tertiary/aromatic N) is 2. The molecule has 2 aromatic rings. The number of rotatable bonds is 9. The summed E-state index contributed by atoms with van der Waals surface area (Å²) in [6, 6.07) is 12.5. The Morgan fingerprint density at radius 3 is 2.43 bits per heavy atom. The zero-order valence-electron chi connectivity index (χ0n) is 19.2. The summed E-state index contributed by atoms with van der Waals surface area (Å²) in [7, 11) is -1.38. The Morgan fingerprint density at radius 1 is 1.17 bits per heavy atom. The molecular formula is C24H26F3N2O5P. The van der Waals surface area contributed by atoms with E-state index in [-0.39, 0.29) is 25.3 Å². The lowest BCUT2D eigenvalue weighted by Gasteiger charge is -2.36. The van der Waals surface area contributed by atoms with E-state index >= 15 is 0 Å². The van der Waals surface area contributed by atoms with Gasteiger partial charge in [0.05, 0.1) is 12.6 Å². The van der Waals surface area contributed by atoms with Crippen LogP contribution in [0.25, 0.3) is 5.57 Å². The smallest absolute Gasteiger partial charge is 0.406 e. The maximum absolute atomic E-state index is 12.9. The Hall–Kier alpha value is -2.91. The molecule has 0 saturated heterocycles. The standard InChI is InChI=1S/C24H26F3N2O5P/c1-4-21-13-20(19-10-8-17(16-30)9-11-19)14-23(28-35(31,32-2)33-3)29(21)15-18-6-5-7-22(12-18)34-24(25,26)27/h4-13,21,30H,1,14-16H2,2-3H3/b28-23-. The van der Waals surface area contributed by atoms with Gasteiger partial charge in [0.25, 0.3) is 0 Å². The summed E-state index contributed by atoms with van der Waals surface area (Å²) in [6.45, 7) is 3.93. The monoisotopic (exact) mass is 510 g/mol. The molecule has 1 unspecified atom stereocenters. The third-order valence-corrected chi connectivity index (χ3v) is 6.74. The van der Waals surface area contributed by atoms with Crippen LogP contribution in [-0.4, -0.2) is 42.5 Å². The number of alkyl halides is 3. The molecule has 0 fully saturated rings. The molecule has 0 saturated carbocycles. The summed E-state index contributed by atoms with van der Waals surface area (Å²) in [4.78, 5) is 1.76. The molecule has 1 aliphatic rings. The Labute approximate surface area is 201 Å². The van der Waals surface area contributed by atoms with Gasteiger partial charge >= 0.3 is 14.1 Å². The molecule has 188 valence electrons. The highest BCUT2D eigenvalue weighted by Crippen LogP contribution is 2.49. The molecule has 1 aliphatic heterocycles. The molecule has 0 aliphatic carbocycles. The van der Waals surface area contributed by atoms with E-state index in [0.717, 1.165) is 16.7 Å². The fourth-order valence-corrected chi connectivity index (χ4v) is 4.42. The van der Waals surface area contributed by atoms with Crippen molar-refractivity contribution in [2.45, 2.75) is 32.0 Å². The second-order valence-corrected chi connectivity index (χ2v) is 9.49. The molecule has 1 heterocycles. The molecule has 0 radical (unpaired) electrons. The van der Waals surface area contributed by atoms with E-state index in [1.165, 1.54) is 32.4 Å². The summed E-state index contributed by atoms with van der Waals surface area (Å²) >= 11 is 0. The average Bonchev–Trinajstić information content (AvgIpc) is 2.84. The van der Waals surface area contributed by atoms with Gasteiger partial charge in [0, 0.05) is 27.2 Å².